The molecule has 0 aliphatic heterocycles. The summed E-state index contributed by atoms with van der Waals surface area (Å²) in [6.07, 6.45) is 1.15. The Morgan fingerprint density at radius 2 is 1.57 bits per heavy atom. The standard InChI is InChI=1S/C18H24N2O2S/c1-13-9-14(2)11-16(10-13)12-19-15(3)17-5-7-18(8-6-17)20-23(4,21)22/h5-11,15,19-20H,12H2,1-4H3/t15-/m0/s1. The maximum atomic E-state index is 11.2. The van der Waals surface area contributed by atoms with Gasteiger partial charge in [-0.05, 0) is 44.0 Å². The van der Waals surface area contributed by atoms with Crippen molar-refractivity contribution < 1.29 is 8.42 Å². The molecule has 0 radical (unpaired) electrons. The molecule has 0 bridgehead atoms. The number of nitrogens with one attached hydrogen (secondary N) is 2. The number of aryl methyl sites for hydroxylation is 2. The van der Waals surface area contributed by atoms with Gasteiger partial charge in [0.05, 0.1) is 6.26 Å². The van der Waals surface area contributed by atoms with Gasteiger partial charge >= 0.3 is 0 Å². The molecular formula is C18H24N2O2S. The van der Waals surface area contributed by atoms with Gasteiger partial charge in [0, 0.05) is 18.3 Å². The van der Waals surface area contributed by atoms with Crippen LogP contribution < -0.4 is 10.0 Å². The largest absolute Gasteiger partial charge is 0.306 e. The molecular weight excluding hydrogens is 308 g/mol. The third-order valence-electron chi connectivity index (χ3n) is 3.61. The summed E-state index contributed by atoms with van der Waals surface area (Å²) in [5.41, 5.74) is 5.51. The van der Waals surface area contributed by atoms with Gasteiger partial charge in [-0.1, -0.05) is 41.5 Å². The van der Waals surface area contributed by atoms with E-state index in [1.807, 2.05) is 12.1 Å². The second-order valence-corrected chi connectivity index (χ2v) is 7.84. The second kappa shape index (κ2) is 7.15. The highest BCUT2D eigenvalue weighted by Gasteiger charge is 2.07. The Bertz CT molecular complexity index is 748. The fourth-order valence-electron chi connectivity index (χ4n) is 2.61. The molecule has 0 aliphatic rings. The van der Waals surface area contributed by atoms with Crippen LogP contribution in [0.15, 0.2) is 42.5 Å². The Labute approximate surface area is 139 Å². The second-order valence-electron chi connectivity index (χ2n) is 6.09. The fourth-order valence-corrected chi connectivity index (χ4v) is 3.18. The van der Waals surface area contributed by atoms with Crippen LogP contribution >= 0.6 is 0 Å². The van der Waals surface area contributed by atoms with Crippen molar-refractivity contribution >= 4 is 15.7 Å². The molecule has 2 aromatic carbocycles. The molecule has 2 aromatic rings. The third kappa shape index (κ3) is 5.69. The zero-order valence-electron chi connectivity index (χ0n) is 14.1. The Balaban J connectivity index is 1.99. The monoisotopic (exact) mass is 332 g/mol. The summed E-state index contributed by atoms with van der Waals surface area (Å²) >= 11 is 0. The molecule has 0 spiro atoms. The minimum absolute atomic E-state index is 0.183. The van der Waals surface area contributed by atoms with Crippen molar-refractivity contribution in [1.82, 2.24) is 5.32 Å². The zero-order chi connectivity index (χ0) is 17.0. The summed E-state index contributed by atoms with van der Waals surface area (Å²) < 4.78 is 24.9. The summed E-state index contributed by atoms with van der Waals surface area (Å²) in [7, 11) is -3.23. The van der Waals surface area contributed by atoms with E-state index in [1.165, 1.54) is 16.7 Å². The highest BCUT2D eigenvalue weighted by molar-refractivity contribution is 7.92. The van der Waals surface area contributed by atoms with E-state index in [0.717, 1.165) is 18.4 Å². The summed E-state index contributed by atoms with van der Waals surface area (Å²) in [5.74, 6) is 0. The molecule has 124 valence electrons. The molecule has 5 heteroatoms. The lowest BCUT2D eigenvalue weighted by atomic mass is 10.1. The molecule has 0 saturated heterocycles. The lowest BCUT2D eigenvalue weighted by molar-refractivity contribution is 0.574. The molecule has 0 amide bonds. The first-order valence-electron chi connectivity index (χ1n) is 7.61. The average Bonchev–Trinajstić information content (AvgIpc) is 2.43. The van der Waals surface area contributed by atoms with Crippen LogP contribution in [0.3, 0.4) is 0 Å². The van der Waals surface area contributed by atoms with E-state index in [9.17, 15) is 8.42 Å². The maximum absolute atomic E-state index is 11.2. The van der Waals surface area contributed by atoms with Gasteiger partial charge in [0.1, 0.15) is 0 Å². The molecule has 0 aliphatic carbocycles. The molecule has 0 aromatic heterocycles. The molecule has 2 rings (SSSR count). The average molecular weight is 332 g/mol. The Morgan fingerprint density at radius 3 is 2.09 bits per heavy atom. The molecule has 2 N–H and O–H groups in total. The number of anilines is 1. The predicted octanol–water partition coefficient (Wildman–Crippen LogP) is 3.53. The van der Waals surface area contributed by atoms with E-state index < -0.39 is 10.0 Å². The van der Waals surface area contributed by atoms with Crippen molar-refractivity contribution in [1.29, 1.82) is 0 Å². The van der Waals surface area contributed by atoms with Crippen LogP contribution in [0.5, 0.6) is 0 Å². The summed E-state index contributed by atoms with van der Waals surface area (Å²) in [4.78, 5) is 0. The molecule has 0 saturated carbocycles. The van der Waals surface area contributed by atoms with Crippen LogP contribution in [-0.2, 0) is 16.6 Å². The van der Waals surface area contributed by atoms with E-state index in [4.69, 9.17) is 0 Å². The Morgan fingerprint density at radius 1 is 1.00 bits per heavy atom. The van der Waals surface area contributed by atoms with Crippen LogP contribution in [0.25, 0.3) is 0 Å². The minimum Gasteiger partial charge on any atom is -0.306 e. The highest BCUT2D eigenvalue weighted by Crippen LogP contribution is 2.18. The first kappa shape index (κ1) is 17.5. The molecule has 4 nitrogen and oxygen atoms in total. The fraction of sp³-hybridized carbons (Fsp3) is 0.333. The van der Waals surface area contributed by atoms with Gasteiger partial charge < -0.3 is 5.32 Å². The number of sulfonamides is 1. The lowest BCUT2D eigenvalue weighted by Gasteiger charge is -2.15. The van der Waals surface area contributed by atoms with Crippen molar-refractivity contribution in [2.75, 3.05) is 11.0 Å². The molecule has 0 unspecified atom stereocenters. The summed E-state index contributed by atoms with van der Waals surface area (Å²) in [6, 6.07) is 14.2. The van der Waals surface area contributed by atoms with Crippen LogP contribution in [0.1, 0.15) is 35.2 Å². The van der Waals surface area contributed by atoms with E-state index in [0.29, 0.717) is 5.69 Å². The van der Waals surface area contributed by atoms with Crippen molar-refractivity contribution in [2.24, 2.45) is 0 Å². The van der Waals surface area contributed by atoms with Gasteiger partial charge in [-0.25, -0.2) is 8.42 Å². The van der Waals surface area contributed by atoms with Crippen LogP contribution in [0, 0.1) is 13.8 Å². The number of benzene rings is 2. The van der Waals surface area contributed by atoms with E-state index in [1.54, 1.807) is 12.1 Å². The summed E-state index contributed by atoms with van der Waals surface area (Å²) in [6.45, 7) is 7.11. The van der Waals surface area contributed by atoms with Gasteiger partial charge in [0.25, 0.3) is 0 Å². The van der Waals surface area contributed by atoms with Gasteiger partial charge in [-0.15, -0.1) is 0 Å². The van der Waals surface area contributed by atoms with E-state index in [2.05, 4.69) is 49.0 Å². The van der Waals surface area contributed by atoms with E-state index >= 15 is 0 Å². The van der Waals surface area contributed by atoms with Crippen LogP contribution in [-0.4, -0.2) is 14.7 Å². The normalized spacial score (nSPS) is 12.9. The number of rotatable bonds is 6. The zero-order valence-corrected chi connectivity index (χ0v) is 14.9. The smallest absolute Gasteiger partial charge is 0.229 e. The highest BCUT2D eigenvalue weighted by atomic mass is 32.2. The summed E-state index contributed by atoms with van der Waals surface area (Å²) in [5, 5.41) is 3.50. The Hall–Kier alpha value is -1.85. The van der Waals surface area contributed by atoms with E-state index in [-0.39, 0.29) is 6.04 Å². The SMILES string of the molecule is Cc1cc(C)cc(CN[C@@H](C)c2ccc(NS(C)(=O)=O)cc2)c1. The first-order chi connectivity index (χ1) is 10.7. The van der Waals surface area contributed by atoms with Crippen molar-refractivity contribution in [3.8, 4) is 0 Å². The molecule has 23 heavy (non-hydrogen) atoms. The van der Waals surface area contributed by atoms with Gasteiger partial charge in [0.15, 0.2) is 0 Å². The van der Waals surface area contributed by atoms with Gasteiger partial charge in [0.2, 0.25) is 10.0 Å². The minimum atomic E-state index is -3.23. The van der Waals surface area contributed by atoms with Crippen molar-refractivity contribution in [3.63, 3.8) is 0 Å². The molecule has 0 heterocycles. The lowest BCUT2D eigenvalue weighted by Crippen LogP contribution is -2.18. The van der Waals surface area contributed by atoms with Crippen LogP contribution in [0.4, 0.5) is 5.69 Å². The molecule has 0 fully saturated rings. The van der Waals surface area contributed by atoms with Gasteiger partial charge in [-0.3, -0.25) is 4.72 Å². The quantitative estimate of drug-likeness (QED) is 0.851. The predicted molar refractivity (Wildman–Crippen MR) is 96.1 cm³/mol. The van der Waals surface area contributed by atoms with Crippen molar-refractivity contribution in [2.45, 2.75) is 33.4 Å². The molecule has 1 atom stereocenters. The topological polar surface area (TPSA) is 58.2 Å². The van der Waals surface area contributed by atoms with Crippen LogP contribution in [0.2, 0.25) is 0 Å². The number of hydrogen-bond donors (Lipinski definition) is 2. The third-order valence-corrected chi connectivity index (χ3v) is 4.21. The first-order valence-corrected chi connectivity index (χ1v) is 9.50. The van der Waals surface area contributed by atoms with Crippen molar-refractivity contribution in [3.05, 3.63) is 64.7 Å². The number of hydrogen-bond acceptors (Lipinski definition) is 3. The Kier molecular flexibility index (Phi) is 5.44. The maximum Gasteiger partial charge on any atom is 0.229 e. The van der Waals surface area contributed by atoms with Gasteiger partial charge in [-0.2, -0.15) is 0 Å².